The summed E-state index contributed by atoms with van der Waals surface area (Å²) in [5, 5.41) is 3.39. The third-order valence-corrected chi connectivity index (χ3v) is 4.88. The van der Waals surface area contributed by atoms with Gasteiger partial charge in [-0.2, -0.15) is 0 Å². The highest BCUT2D eigenvalue weighted by Gasteiger charge is 2.23. The van der Waals surface area contributed by atoms with Gasteiger partial charge in [0.25, 0.3) is 5.91 Å². The molecule has 1 aliphatic carbocycles. The van der Waals surface area contributed by atoms with E-state index in [1.54, 1.807) is 12.3 Å². The van der Waals surface area contributed by atoms with E-state index in [1.165, 1.54) is 32.1 Å². The fraction of sp³-hybridized carbons (Fsp3) is 0.706. The van der Waals surface area contributed by atoms with Crippen molar-refractivity contribution < 1.29 is 4.79 Å². The number of piperidine rings is 1. The van der Waals surface area contributed by atoms with Gasteiger partial charge in [0.1, 0.15) is 5.69 Å². The third kappa shape index (κ3) is 3.76. The largest absolute Gasteiger partial charge is 0.351 e. The highest BCUT2D eigenvalue weighted by molar-refractivity contribution is 5.92. The van der Waals surface area contributed by atoms with Gasteiger partial charge in [0, 0.05) is 25.3 Å². The van der Waals surface area contributed by atoms with E-state index >= 15 is 0 Å². The number of aromatic nitrogens is 2. The molecule has 2 aliphatic rings. The molecule has 1 aliphatic heterocycles. The minimum Gasteiger partial charge on any atom is -0.351 e. The first-order valence-electron chi connectivity index (χ1n) is 8.61. The highest BCUT2D eigenvalue weighted by Crippen LogP contribution is 2.21. The Morgan fingerprint density at radius 2 is 1.91 bits per heavy atom. The Labute approximate surface area is 132 Å². The zero-order valence-electron chi connectivity index (χ0n) is 13.4. The van der Waals surface area contributed by atoms with Crippen molar-refractivity contribution in [1.29, 1.82) is 0 Å². The molecule has 1 aromatic heterocycles. The Hall–Kier alpha value is -1.65. The van der Waals surface area contributed by atoms with Crippen LogP contribution in [0.25, 0.3) is 0 Å². The van der Waals surface area contributed by atoms with E-state index in [0.29, 0.717) is 17.7 Å². The van der Waals surface area contributed by atoms with E-state index in [4.69, 9.17) is 0 Å². The average molecular weight is 302 g/mol. The molecule has 5 heteroatoms. The lowest BCUT2D eigenvalue weighted by Crippen LogP contribution is -2.38. The number of hydrogen-bond acceptors (Lipinski definition) is 4. The van der Waals surface area contributed by atoms with Crippen molar-refractivity contribution in [3.05, 3.63) is 18.0 Å². The van der Waals surface area contributed by atoms with Crippen LogP contribution in [0.2, 0.25) is 0 Å². The van der Waals surface area contributed by atoms with Gasteiger partial charge in [-0.05, 0) is 37.7 Å². The van der Waals surface area contributed by atoms with Gasteiger partial charge in [-0.1, -0.05) is 26.2 Å². The zero-order valence-corrected chi connectivity index (χ0v) is 13.4. The summed E-state index contributed by atoms with van der Waals surface area (Å²) in [4.78, 5) is 23.2. The van der Waals surface area contributed by atoms with E-state index in [0.717, 1.165) is 31.8 Å². The number of rotatable bonds is 3. The molecule has 0 bridgehead atoms. The van der Waals surface area contributed by atoms with Crippen LogP contribution in [-0.4, -0.2) is 39.9 Å². The molecule has 0 spiro atoms. The molecule has 1 saturated carbocycles. The fourth-order valence-corrected chi connectivity index (χ4v) is 3.35. The van der Waals surface area contributed by atoms with Crippen LogP contribution in [0, 0.1) is 5.92 Å². The molecule has 1 amide bonds. The Kier molecular flexibility index (Phi) is 4.90. The molecule has 0 aromatic carbocycles. The molecule has 22 heavy (non-hydrogen) atoms. The second-order valence-corrected chi connectivity index (χ2v) is 6.72. The van der Waals surface area contributed by atoms with Crippen molar-refractivity contribution >= 4 is 11.9 Å². The highest BCUT2D eigenvalue weighted by atomic mass is 16.2. The van der Waals surface area contributed by atoms with Crippen LogP contribution < -0.4 is 5.32 Å². The number of anilines is 1. The zero-order chi connectivity index (χ0) is 15.4. The average Bonchev–Trinajstić information content (AvgIpc) is 2.56. The molecule has 1 aromatic rings. The van der Waals surface area contributed by atoms with E-state index in [9.17, 15) is 4.79 Å². The molecule has 2 fully saturated rings. The van der Waals surface area contributed by atoms with Crippen molar-refractivity contribution in [3.8, 4) is 0 Å². The van der Waals surface area contributed by atoms with Crippen LogP contribution in [-0.2, 0) is 0 Å². The number of carbonyl (C=O) groups excluding carboxylic acids is 1. The molecule has 120 valence electrons. The first kappa shape index (κ1) is 15.3. The van der Waals surface area contributed by atoms with Gasteiger partial charge in [-0.15, -0.1) is 0 Å². The van der Waals surface area contributed by atoms with E-state index in [-0.39, 0.29) is 5.91 Å². The Morgan fingerprint density at radius 1 is 1.18 bits per heavy atom. The summed E-state index contributed by atoms with van der Waals surface area (Å²) in [6, 6.07) is 2.18. The number of amides is 1. The van der Waals surface area contributed by atoms with Gasteiger partial charge in [0.05, 0.1) is 0 Å². The Morgan fingerprint density at radius 3 is 2.64 bits per heavy atom. The van der Waals surface area contributed by atoms with Crippen LogP contribution in [0.5, 0.6) is 0 Å². The molecule has 1 saturated heterocycles. The molecule has 2 heterocycles. The number of hydrogen-bond donors (Lipinski definition) is 1. The minimum absolute atomic E-state index is 0.0426. The molecule has 5 nitrogen and oxygen atoms in total. The van der Waals surface area contributed by atoms with Crippen molar-refractivity contribution in [2.24, 2.45) is 5.92 Å². The summed E-state index contributed by atoms with van der Waals surface area (Å²) in [5.74, 6) is 1.36. The van der Waals surface area contributed by atoms with Crippen molar-refractivity contribution in [2.75, 3.05) is 18.4 Å². The van der Waals surface area contributed by atoms with Crippen LogP contribution in [0.1, 0.15) is 62.4 Å². The number of carbonyl (C=O) groups is 1. The first-order chi connectivity index (χ1) is 10.7. The van der Waals surface area contributed by atoms with Crippen LogP contribution in [0.4, 0.5) is 5.95 Å². The predicted molar refractivity (Wildman–Crippen MR) is 86.8 cm³/mol. The topological polar surface area (TPSA) is 58.1 Å². The summed E-state index contributed by atoms with van der Waals surface area (Å²) in [5.41, 5.74) is 0.517. The Balaban J connectivity index is 1.63. The summed E-state index contributed by atoms with van der Waals surface area (Å²) >= 11 is 0. The Bertz CT molecular complexity index is 505. The van der Waals surface area contributed by atoms with E-state index < -0.39 is 0 Å². The number of likely N-dealkylation sites (tertiary alicyclic amines) is 1. The molecule has 0 radical (unpaired) electrons. The SMILES string of the molecule is CC1CCN(C(=O)c2ccnc(NC3CCCCC3)n2)CC1. The maximum Gasteiger partial charge on any atom is 0.272 e. The van der Waals surface area contributed by atoms with Crippen molar-refractivity contribution in [1.82, 2.24) is 14.9 Å². The monoisotopic (exact) mass is 302 g/mol. The quantitative estimate of drug-likeness (QED) is 0.932. The van der Waals surface area contributed by atoms with Gasteiger partial charge < -0.3 is 10.2 Å². The second-order valence-electron chi connectivity index (χ2n) is 6.72. The molecular weight excluding hydrogens is 276 g/mol. The summed E-state index contributed by atoms with van der Waals surface area (Å²) in [6.07, 6.45) is 10.1. The summed E-state index contributed by atoms with van der Waals surface area (Å²) in [6.45, 7) is 3.93. The van der Waals surface area contributed by atoms with Crippen LogP contribution >= 0.6 is 0 Å². The van der Waals surface area contributed by atoms with Gasteiger partial charge >= 0.3 is 0 Å². The molecule has 3 rings (SSSR count). The van der Waals surface area contributed by atoms with Gasteiger partial charge in [-0.25, -0.2) is 9.97 Å². The number of nitrogens with one attached hydrogen (secondary N) is 1. The van der Waals surface area contributed by atoms with Crippen molar-refractivity contribution in [2.45, 2.75) is 57.9 Å². The maximum atomic E-state index is 12.6. The second kappa shape index (κ2) is 7.07. The molecular formula is C17H26N4O. The van der Waals surface area contributed by atoms with Crippen molar-refractivity contribution in [3.63, 3.8) is 0 Å². The van der Waals surface area contributed by atoms with Crippen LogP contribution in [0.3, 0.4) is 0 Å². The van der Waals surface area contributed by atoms with Crippen LogP contribution in [0.15, 0.2) is 12.3 Å². The molecule has 0 unspecified atom stereocenters. The fourth-order valence-electron chi connectivity index (χ4n) is 3.35. The molecule has 1 N–H and O–H groups in total. The van der Waals surface area contributed by atoms with Gasteiger partial charge in [0.2, 0.25) is 5.95 Å². The first-order valence-corrected chi connectivity index (χ1v) is 8.61. The smallest absolute Gasteiger partial charge is 0.272 e. The lowest BCUT2D eigenvalue weighted by Gasteiger charge is -2.30. The summed E-state index contributed by atoms with van der Waals surface area (Å²) < 4.78 is 0. The summed E-state index contributed by atoms with van der Waals surface area (Å²) in [7, 11) is 0. The molecule has 0 atom stereocenters. The van der Waals surface area contributed by atoms with E-state index in [1.807, 2.05) is 4.90 Å². The normalized spacial score (nSPS) is 20.9. The van der Waals surface area contributed by atoms with Gasteiger partial charge in [0.15, 0.2) is 0 Å². The standard InChI is InChI=1S/C17H26N4O/c1-13-8-11-21(12-9-13)16(22)15-7-10-18-17(20-15)19-14-5-3-2-4-6-14/h7,10,13-14H,2-6,8-9,11-12H2,1H3,(H,18,19,20). The predicted octanol–water partition coefficient (Wildman–Crippen LogP) is 3.09. The van der Waals surface area contributed by atoms with E-state index in [2.05, 4.69) is 22.2 Å². The maximum absolute atomic E-state index is 12.6. The minimum atomic E-state index is 0.0426. The van der Waals surface area contributed by atoms with Gasteiger partial charge in [-0.3, -0.25) is 4.79 Å². The number of nitrogens with zero attached hydrogens (tertiary/aromatic N) is 3. The lowest BCUT2D eigenvalue weighted by molar-refractivity contribution is 0.0691. The lowest BCUT2D eigenvalue weighted by atomic mass is 9.96. The third-order valence-electron chi connectivity index (χ3n) is 4.88.